The molecular formula is C13H14N2O2. The topological polar surface area (TPSA) is 55.2 Å². The molecule has 0 spiro atoms. The third kappa shape index (κ3) is 2.42. The van der Waals surface area contributed by atoms with E-state index in [2.05, 4.69) is 9.97 Å². The minimum atomic E-state index is -0.820. The van der Waals surface area contributed by atoms with Gasteiger partial charge in [0.1, 0.15) is 11.9 Å². The number of ether oxygens (including phenoxy) is 1. The Kier molecular flexibility index (Phi) is 3.35. The normalized spacial score (nSPS) is 12.2. The summed E-state index contributed by atoms with van der Waals surface area (Å²) < 4.78 is 5.20. The zero-order valence-corrected chi connectivity index (χ0v) is 9.79. The van der Waals surface area contributed by atoms with Crippen molar-refractivity contribution in [2.24, 2.45) is 0 Å². The Morgan fingerprint density at radius 1 is 1.18 bits per heavy atom. The molecule has 1 aromatic carbocycles. The summed E-state index contributed by atoms with van der Waals surface area (Å²) in [6.45, 7) is 1.85. The van der Waals surface area contributed by atoms with E-state index >= 15 is 0 Å². The highest BCUT2D eigenvalue weighted by Gasteiger charge is 2.16. The lowest BCUT2D eigenvalue weighted by atomic mass is 10.1. The summed E-state index contributed by atoms with van der Waals surface area (Å²) in [5, 5.41) is 10.2. The fourth-order valence-corrected chi connectivity index (χ4v) is 1.60. The van der Waals surface area contributed by atoms with Crippen LogP contribution in [0.4, 0.5) is 0 Å². The van der Waals surface area contributed by atoms with Crippen molar-refractivity contribution in [3.63, 3.8) is 0 Å². The molecule has 0 amide bonds. The molecule has 0 bridgehead atoms. The number of aliphatic hydroxyl groups excluding tert-OH is 1. The van der Waals surface area contributed by atoms with Gasteiger partial charge in [0.25, 0.3) is 0 Å². The molecule has 1 heterocycles. The van der Waals surface area contributed by atoms with Crippen molar-refractivity contribution in [3.05, 3.63) is 53.6 Å². The number of para-hydroxylation sites is 1. The minimum absolute atomic E-state index is 0.514. The van der Waals surface area contributed by atoms with Gasteiger partial charge >= 0.3 is 0 Å². The molecule has 2 rings (SSSR count). The predicted molar refractivity (Wildman–Crippen MR) is 63.8 cm³/mol. The van der Waals surface area contributed by atoms with Gasteiger partial charge in [-0.1, -0.05) is 18.2 Å². The van der Waals surface area contributed by atoms with Crippen LogP contribution in [0.1, 0.15) is 23.1 Å². The van der Waals surface area contributed by atoms with Gasteiger partial charge < -0.3 is 9.84 Å². The molecule has 0 saturated heterocycles. The van der Waals surface area contributed by atoms with Crippen molar-refractivity contribution in [3.8, 4) is 5.75 Å². The molecule has 0 aliphatic rings. The van der Waals surface area contributed by atoms with Crippen LogP contribution in [-0.2, 0) is 0 Å². The Bertz CT molecular complexity index is 497. The van der Waals surface area contributed by atoms with Crippen LogP contribution in [0.3, 0.4) is 0 Å². The van der Waals surface area contributed by atoms with Crippen molar-refractivity contribution < 1.29 is 9.84 Å². The summed E-state index contributed by atoms with van der Waals surface area (Å²) in [5.41, 5.74) is 2.02. The Morgan fingerprint density at radius 3 is 2.59 bits per heavy atom. The van der Waals surface area contributed by atoms with E-state index in [9.17, 15) is 5.11 Å². The average Bonchev–Trinajstić information content (AvgIpc) is 2.39. The van der Waals surface area contributed by atoms with Gasteiger partial charge in [0.15, 0.2) is 0 Å². The quantitative estimate of drug-likeness (QED) is 0.874. The fourth-order valence-electron chi connectivity index (χ4n) is 1.60. The van der Waals surface area contributed by atoms with Gasteiger partial charge in [-0.2, -0.15) is 0 Å². The number of rotatable bonds is 3. The molecular weight excluding hydrogens is 216 g/mol. The highest BCUT2D eigenvalue weighted by atomic mass is 16.5. The molecule has 0 aliphatic carbocycles. The maximum absolute atomic E-state index is 10.2. The first-order valence-corrected chi connectivity index (χ1v) is 5.32. The molecule has 1 unspecified atom stereocenters. The average molecular weight is 230 g/mol. The lowest BCUT2D eigenvalue weighted by molar-refractivity contribution is 0.209. The summed E-state index contributed by atoms with van der Waals surface area (Å²) in [4.78, 5) is 8.28. The zero-order chi connectivity index (χ0) is 12.3. The van der Waals surface area contributed by atoms with E-state index in [0.717, 1.165) is 5.69 Å². The van der Waals surface area contributed by atoms with E-state index in [-0.39, 0.29) is 0 Å². The molecule has 4 heteroatoms. The number of methoxy groups -OCH3 is 1. The Morgan fingerprint density at radius 2 is 1.94 bits per heavy atom. The van der Waals surface area contributed by atoms with Crippen molar-refractivity contribution in [1.82, 2.24) is 9.97 Å². The maximum atomic E-state index is 10.2. The SMILES string of the molecule is COc1ccccc1C(O)c1cnc(C)cn1. The highest BCUT2D eigenvalue weighted by molar-refractivity contribution is 5.38. The summed E-state index contributed by atoms with van der Waals surface area (Å²) in [5.74, 6) is 0.641. The number of hydrogen-bond acceptors (Lipinski definition) is 4. The number of hydrogen-bond donors (Lipinski definition) is 1. The van der Waals surface area contributed by atoms with E-state index in [1.54, 1.807) is 25.6 Å². The predicted octanol–water partition coefficient (Wildman–Crippen LogP) is 1.88. The van der Waals surface area contributed by atoms with Crippen LogP contribution in [0, 0.1) is 6.92 Å². The molecule has 4 nitrogen and oxygen atoms in total. The minimum Gasteiger partial charge on any atom is -0.496 e. The molecule has 1 N–H and O–H groups in total. The molecule has 2 aromatic rings. The van der Waals surface area contributed by atoms with Gasteiger partial charge in [-0.3, -0.25) is 9.97 Å². The first kappa shape index (κ1) is 11.5. The second-order valence-corrected chi connectivity index (χ2v) is 3.73. The van der Waals surface area contributed by atoms with Gasteiger partial charge in [0.05, 0.1) is 24.7 Å². The van der Waals surface area contributed by atoms with Crippen LogP contribution in [0.15, 0.2) is 36.7 Å². The molecule has 0 saturated carbocycles. The van der Waals surface area contributed by atoms with Gasteiger partial charge in [0.2, 0.25) is 0 Å². The Balaban J connectivity index is 2.36. The van der Waals surface area contributed by atoms with Crippen LogP contribution in [0.5, 0.6) is 5.75 Å². The molecule has 0 fully saturated rings. The van der Waals surface area contributed by atoms with Crippen LogP contribution < -0.4 is 4.74 Å². The largest absolute Gasteiger partial charge is 0.496 e. The van der Waals surface area contributed by atoms with Crippen LogP contribution >= 0.6 is 0 Å². The third-order valence-electron chi connectivity index (χ3n) is 2.51. The lowest BCUT2D eigenvalue weighted by Gasteiger charge is -2.13. The van der Waals surface area contributed by atoms with Crippen molar-refractivity contribution in [2.45, 2.75) is 13.0 Å². The van der Waals surface area contributed by atoms with Crippen LogP contribution in [-0.4, -0.2) is 22.2 Å². The van der Waals surface area contributed by atoms with Gasteiger partial charge in [-0.15, -0.1) is 0 Å². The van der Waals surface area contributed by atoms with Crippen LogP contribution in [0.25, 0.3) is 0 Å². The number of nitrogens with zero attached hydrogens (tertiary/aromatic N) is 2. The summed E-state index contributed by atoms with van der Waals surface area (Å²) in [6.07, 6.45) is 2.39. The Labute approximate surface area is 99.9 Å². The van der Waals surface area contributed by atoms with E-state index in [1.807, 2.05) is 25.1 Å². The molecule has 1 atom stereocenters. The van der Waals surface area contributed by atoms with Crippen LogP contribution in [0.2, 0.25) is 0 Å². The van der Waals surface area contributed by atoms with Gasteiger partial charge in [-0.05, 0) is 13.0 Å². The second kappa shape index (κ2) is 4.93. The summed E-state index contributed by atoms with van der Waals surface area (Å²) in [6, 6.07) is 7.32. The lowest BCUT2D eigenvalue weighted by Crippen LogP contribution is -2.05. The number of aliphatic hydroxyl groups is 1. The monoisotopic (exact) mass is 230 g/mol. The van der Waals surface area contributed by atoms with E-state index < -0.39 is 6.10 Å². The number of aryl methyl sites for hydroxylation is 1. The smallest absolute Gasteiger partial charge is 0.126 e. The number of aromatic nitrogens is 2. The summed E-state index contributed by atoms with van der Waals surface area (Å²) >= 11 is 0. The third-order valence-corrected chi connectivity index (χ3v) is 2.51. The van der Waals surface area contributed by atoms with E-state index in [1.165, 1.54) is 0 Å². The number of benzene rings is 1. The summed E-state index contributed by atoms with van der Waals surface area (Å²) in [7, 11) is 1.58. The van der Waals surface area contributed by atoms with Crippen molar-refractivity contribution >= 4 is 0 Å². The highest BCUT2D eigenvalue weighted by Crippen LogP contribution is 2.28. The van der Waals surface area contributed by atoms with E-state index in [4.69, 9.17) is 4.74 Å². The van der Waals surface area contributed by atoms with Crippen molar-refractivity contribution in [2.75, 3.05) is 7.11 Å². The first-order valence-electron chi connectivity index (χ1n) is 5.32. The molecule has 17 heavy (non-hydrogen) atoms. The second-order valence-electron chi connectivity index (χ2n) is 3.73. The maximum Gasteiger partial charge on any atom is 0.126 e. The molecule has 1 aromatic heterocycles. The van der Waals surface area contributed by atoms with Crippen molar-refractivity contribution in [1.29, 1.82) is 0 Å². The first-order chi connectivity index (χ1) is 8.22. The Hall–Kier alpha value is -1.94. The molecule has 0 aliphatic heterocycles. The molecule has 88 valence electrons. The van der Waals surface area contributed by atoms with Gasteiger partial charge in [0, 0.05) is 11.8 Å². The standard InChI is InChI=1S/C13H14N2O2/c1-9-7-15-11(8-14-9)13(16)10-5-3-4-6-12(10)17-2/h3-8,13,16H,1-2H3. The fraction of sp³-hybridized carbons (Fsp3) is 0.231. The van der Waals surface area contributed by atoms with E-state index in [0.29, 0.717) is 17.0 Å². The van der Waals surface area contributed by atoms with Gasteiger partial charge in [-0.25, -0.2) is 0 Å². The zero-order valence-electron chi connectivity index (χ0n) is 9.79. The molecule has 0 radical (unpaired) electrons.